The zero-order valence-electron chi connectivity index (χ0n) is 14.0. The molecular formula is C17H19N7O. The van der Waals surface area contributed by atoms with Crippen LogP contribution in [0.1, 0.15) is 23.2 Å². The molecule has 0 saturated carbocycles. The van der Waals surface area contributed by atoms with Gasteiger partial charge in [-0.05, 0) is 31.0 Å². The van der Waals surface area contributed by atoms with Gasteiger partial charge in [0.2, 0.25) is 0 Å². The van der Waals surface area contributed by atoms with Crippen LogP contribution in [-0.4, -0.2) is 61.8 Å². The molecule has 0 N–H and O–H groups in total. The van der Waals surface area contributed by atoms with E-state index in [2.05, 4.69) is 25.2 Å². The first-order valence-corrected chi connectivity index (χ1v) is 8.32. The molecule has 0 atom stereocenters. The van der Waals surface area contributed by atoms with E-state index < -0.39 is 0 Å². The maximum absolute atomic E-state index is 12.8. The first kappa shape index (κ1) is 15.5. The van der Waals surface area contributed by atoms with Crippen molar-refractivity contribution in [1.29, 1.82) is 0 Å². The molecular weight excluding hydrogens is 318 g/mol. The minimum absolute atomic E-state index is 0.00527. The molecule has 0 unspecified atom stereocenters. The number of fused-ring (bicyclic) bond motifs is 1. The maximum Gasteiger partial charge on any atom is 0.259 e. The lowest BCUT2D eigenvalue weighted by Crippen LogP contribution is -2.45. The van der Waals surface area contributed by atoms with Crippen LogP contribution in [0.2, 0.25) is 0 Å². The number of amides is 1. The average molecular weight is 337 g/mol. The molecule has 4 rings (SSSR count). The fourth-order valence-electron chi connectivity index (χ4n) is 3.27. The van der Waals surface area contributed by atoms with Gasteiger partial charge in [0.25, 0.3) is 5.91 Å². The summed E-state index contributed by atoms with van der Waals surface area (Å²) in [5.74, 6) is 0.855. The molecule has 1 aliphatic heterocycles. The fourth-order valence-corrected chi connectivity index (χ4v) is 3.27. The Bertz CT molecular complexity index is 871. The number of hydrogen-bond acceptors (Lipinski definition) is 6. The van der Waals surface area contributed by atoms with Gasteiger partial charge in [-0.3, -0.25) is 4.79 Å². The Morgan fingerprint density at radius 1 is 1.24 bits per heavy atom. The molecule has 25 heavy (non-hydrogen) atoms. The van der Waals surface area contributed by atoms with Crippen molar-refractivity contribution in [3.63, 3.8) is 0 Å². The van der Waals surface area contributed by atoms with Gasteiger partial charge in [0.05, 0.1) is 6.20 Å². The lowest BCUT2D eigenvalue weighted by molar-refractivity contribution is 0.0715. The van der Waals surface area contributed by atoms with Crippen LogP contribution in [0.5, 0.6) is 0 Å². The molecule has 1 amide bonds. The van der Waals surface area contributed by atoms with Crippen molar-refractivity contribution in [2.24, 2.45) is 0 Å². The third-order valence-electron chi connectivity index (χ3n) is 4.73. The summed E-state index contributed by atoms with van der Waals surface area (Å²) in [6, 6.07) is 5.98. The second kappa shape index (κ2) is 6.46. The van der Waals surface area contributed by atoms with Crippen LogP contribution in [-0.2, 0) is 0 Å². The van der Waals surface area contributed by atoms with Crippen molar-refractivity contribution >= 4 is 17.4 Å². The molecule has 0 spiro atoms. The molecule has 3 aromatic rings. The molecule has 0 radical (unpaired) electrons. The van der Waals surface area contributed by atoms with Gasteiger partial charge in [0.15, 0.2) is 11.5 Å². The van der Waals surface area contributed by atoms with Crippen molar-refractivity contribution in [2.45, 2.75) is 18.9 Å². The molecule has 0 aliphatic carbocycles. The summed E-state index contributed by atoms with van der Waals surface area (Å²) in [6.45, 7) is 1.41. The van der Waals surface area contributed by atoms with Gasteiger partial charge in [-0.25, -0.2) is 9.50 Å². The van der Waals surface area contributed by atoms with Crippen LogP contribution in [0, 0.1) is 0 Å². The molecule has 1 fully saturated rings. The Balaban J connectivity index is 1.44. The minimum Gasteiger partial charge on any atom is -0.355 e. The molecule has 3 aromatic heterocycles. The van der Waals surface area contributed by atoms with E-state index in [0.717, 1.165) is 18.7 Å². The van der Waals surface area contributed by atoms with Gasteiger partial charge in [-0.2, -0.15) is 10.2 Å². The second-order valence-electron chi connectivity index (χ2n) is 6.16. The van der Waals surface area contributed by atoms with Crippen molar-refractivity contribution in [3.8, 4) is 0 Å². The third-order valence-corrected chi connectivity index (χ3v) is 4.73. The normalized spacial score (nSPS) is 15.5. The molecule has 1 aliphatic rings. The van der Waals surface area contributed by atoms with Crippen molar-refractivity contribution in [1.82, 2.24) is 29.7 Å². The zero-order chi connectivity index (χ0) is 17.2. The standard InChI is InChI=1S/C17H19N7O/c1-22(15-4-2-8-19-21-15)13-5-10-23(11-6-13)17(25)14-12-20-24-9-3-7-18-16(14)24/h2-4,7-9,12-13H,5-6,10-11H2,1H3. The largest absolute Gasteiger partial charge is 0.355 e. The number of nitrogens with zero attached hydrogens (tertiary/aromatic N) is 7. The van der Waals surface area contributed by atoms with Crippen LogP contribution in [0.4, 0.5) is 5.82 Å². The minimum atomic E-state index is -0.00527. The van der Waals surface area contributed by atoms with E-state index in [9.17, 15) is 4.79 Å². The highest BCUT2D eigenvalue weighted by Crippen LogP contribution is 2.21. The van der Waals surface area contributed by atoms with Crippen LogP contribution in [0.25, 0.3) is 5.65 Å². The first-order valence-electron chi connectivity index (χ1n) is 8.32. The van der Waals surface area contributed by atoms with Gasteiger partial charge in [-0.15, -0.1) is 5.10 Å². The number of likely N-dealkylation sites (tertiary alicyclic amines) is 1. The number of anilines is 1. The van der Waals surface area contributed by atoms with Gasteiger partial charge in [0.1, 0.15) is 5.56 Å². The number of hydrogen-bond donors (Lipinski definition) is 0. The van der Waals surface area contributed by atoms with Crippen LogP contribution in [0.15, 0.2) is 43.0 Å². The molecule has 4 heterocycles. The lowest BCUT2D eigenvalue weighted by atomic mass is 10.0. The van der Waals surface area contributed by atoms with Crippen molar-refractivity contribution < 1.29 is 4.79 Å². The summed E-state index contributed by atoms with van der Waals surface area (Å²) in [5, 5.41) is 12.3. The zero-order valence-corrected chi connectivity index (χ0v) is 14.0. The molecule has 0 bridgehead atoms. The highest BCUT2D eigenvalue weighted by atomic mass is 16.2. The van der Waals surface area contributed by atoms with Crippen molar-refractivity contribution in [3.05, 3.63) is 48.5 Å². The van der Waals surface area contributed by atoms with Crippen molar-refractivity contribution in [2.75, 3.05) is 25.0 Å². The monoisotopic (exact) mass is 337 g/mol. The predicted octanol–water partition coefficient (Wildman–Crippen LogP) is 1.26. The number of aromatic nitrogens is 5. The summed E-state index contributed by atoms with van der Waals surface area (Å²) in [4.78, 5) is 21.1. The Hall–Kier alpha value is -3.03. The van der Waals surface area contributed by atoms with Crippen LogP contribution in [0.3, 0.4) is 0 Å². The SMILES string of the molecule is CN(c1cccnn1)C1CCN(C(=O)c2cnn3cccnc23)CC1. The maximum atomic E-state index is 12.8. The molecule has 0 aromatic carbocycles. The van der Waals surface area contributed by atoms with E-state index in [1.54, 1.807) is 35.4 Å². The van der Waals surface area contributed by atoms with E-state index in [4.69, 9.17) is 0 Å². The van der Waals surface area contributed by atoms with Gasteiger partial charge < -0.3 is 9.80 Å². The highest BCUT2D eigenvalue weighted by Gasteiger charge is 2.28. The molecule has 128 valence electrons. The number of rotatable bonds is 3. The van der Waals surface area contributed by atoms with E-state index in [0.29, 0.717) is 30.3 Å². The Morgan fingerprint density at radius 3 is 2.84 bits per heavy atom. The van der Waals surface area contributed by atoms with Crippen LogP contribution >= 0.6 is 0 Å². The summed E-state index contributed by atoms with van der Waals surface area (Å²) in [6.07, 6.45) is 8.53. The van der Waals surface area contributed by atoms with E-state index in [1.807, 2.05) is 24.1 Å². The number of carbonyl (C=O) groups excluding carboxylic acids is 1. The number of carbonyl (C=O) groups is 1. The summed E-state index contributed by atoms with van der Waals surface area (Å²) < 4.78 is 1.63. The Kier molecular flexibility index (Phi) is 4.01. The predicted molar refractivity (Wildman–Crippen MR) is 92.3 cm³/mol. The van der Waals surface area contributed by atoms with Gasteiger partial charge in [0, 0.05) is 44.8 Å². The topological polar surface area (TPSA) is 79.5 Å². The summed E-state index contributed by atoms with van der Waals surface area (Å²) in [7, 11) is 2.03. The smallest absolute Gasteiger partial charge is 0.259 e. The third kappa shape index (κ3) is 2.90. The first-order chi connectivity index (χ1) is 12.2. The number of piperidine rings is 1. The average Bonchev–Trinajstić information content (AvgIpc) is 3.12. The Morgan fingerprint density at radius 2 is 2.08 bits per heavy atom. The summed E-state index contributed by atoms with van der Waals surface area (Å²) in [5.41, 5.74) is 1.16. The van der Waals surface area contributed by atoms with Gasteiger partial charge in [-0.1, -0.05) is 0 Å². The van der Waals surface area contributed by atoms with E-state index >= 15 is 0 Å². The lowest BCUT2D eigenvalue weighted by Gasteiger charge is -2.37. The van der Waals surface area contributed by atoms with E-state index in [-0.39, 0.29) is 5.91 Å². The van der Waals surface area contributed by atoms with E-state index in [1.165, 1.54) is 0 Å². The molecule has 1 saturated heterocycles. The quantitative estimate of drug-likeness (QED) is 0.716. The molecule has 8 heteroatoms. The summed E-state index contributed by atoms with van der Waals surface area (Å²) >= 11 is 0. The fraction of sp³-hybridized carbons (Fsp3) is 0.353. The van der Waals surface area contributed by atoms with Gasteiger partial charge >= 0.3 is 0 Å². The molecule has 8 nitrogen and oxygen atoms in total. The van der Waals surface area contributed by atoms with Crippen LogP contribution < -0.4 is 4.90 Å². The highest BCUT2D eigenvalue weighted by molar-refractivity contribution is 5.99. The Labute approximate surface area is 145 Å². The second-order valence-corrected chi connectivity index (χ2v) is 6.16.